The van der Waals surface area contributed by atoms with Crippen LogP contribution in [0.5, 0.6) is 5.75 Å². The third-order valence-electron chi connectivity index (χ3n) is 3.77. The first-order valence-corrected chi connectivity index (χ1v) is 7.95. The van der Waals surface area contributed by atoms with E-state index in [-0.39, 0.29) is 30.3 Å². The number of carbonyl (C=O) groups is 1. The number of fused-ring (bicyclic) bond motifs is 1. The van der Waals surface area contributed by atoms with E-state index in [9.17, 15) is 9.59 Å². The maximum atomic E-state index is 11.9. The maximum absolute atomic E-state index is 11.9. The number of rotatable bonds is 6. The number of carbonyl (C=O) groups excluding carboxylic acids is 1. The van der Waals surface area contributed by atoms with Gasteiger partial charge in [0.1, 0.15) is 5.75 Å². The first kappa shape index (κ1) is 16.7. The highest BCUT2D eigenvalue weighted by molar-refractivity contribution is 5.77. The van der Waals surface area contributed by atoms with Crippen LogP contribution in [0.3, 0.4) is 0 Å². The SMILES string of the molecule is CC(C)c1ccc(OCC(=O)NCc2nnc3c(=O)[nH]ccn23)cc1. The number of benzene rings is 1. The molecule has 0 aliphatic rings. The van der Waals surface area contributed by atoms with E-state index in [2.05, 4.69) is 34.3 Å². The Bertz CT molecular complexity index is 927. The second-order valence-electron chi connectivity index (χ2n) is 5.89. The van der Waals surface area contributed by atoms with E-state index in [1.807, 2.05) is 24.3 Å². The van der Waals surface area contributed by atoms with Gasteiger partial charge in [0.25, 0.3) is 11.5 Å². The maximum Gasteiger partial charge on any atom is 0.293 e. The summed E-state index contributed by atoms with van der Waals surface area (Å²) >= 11 is 0. The van der Waals surface area contributed by atoms with Crippen molar-refractivity contribution in [3.8, 4) is 5.75 Å². The Hall–Kier alpha value is -3.16. The minimum absolute atomic E-state index is 0.0989. The summed E-state index contributed by atoms with van der Waals surface area (Å²) in [5, 5.41) is 10.4. The molecule has 0 unspecified atom stereocenters. The number of nitrogens with one attached hydrogen (secondary N) is 2. The molecule has 0 spiro atoms. The van der Waals surface area contributed by atoms with Gasteiger partial charge in [-0.2, -0.15) is 0 Å². The van der Waals surface area contributed by atoms with Crippen LogP contribution in [0.2, 0.25) is 0 Å². The molecule has 0 atom stereocenters. The number of aromatic nitrogens is 4. The molecule has 3 rings (SSSR count). The molecule has 0 fully saturated rings. The van der Waals surface area contributed by atoms with Crippen LogP contribution in [0.1, 0.15) is 31.2 Å². The Morgan fingerprint density at radius 1 is 1.28 bits per heavy atom. The highest BCUT2D eigenvalue weighted by atomic mass is 16.5. The largest absolute Gasteiger partial charge is 0.484 e. The van der Waals surface area contributed by atoms with Crippen LogP contribution in [0.4, 0.5) is 0 Å². The zero-order valence-electron chi connectivity index (χ0n) is 14.0. The molecule has 2 N–H and O–H groups in total. The summed E-state index contributed by atoms with van der Waals surface area (Å²) < 4.78 is 7.00. The van der Waals surface area contributed by atoms with Crippen LogP contribution in [-0.4, -0.2) is 32.1 Å². The van der Waals surface area contributed by atoms with Crippen LogP contribution in [-0.2, 0) is 11.3 Å². The molecule has 8 heteroatoms. The minimum atomic E-state index is -0.333. The Labute approximate surface area is 143 Å². The summed E-state index contributed by atoms with van der Waals surface area (Å²) in [7, 11) is 0. The van der Waals surface area contributed by atoms with Crippen molar-refractivity contribution in [2.75, 3.05) is 6.61 Å². The monoisotopic (exact) mass is 341 g/mol. The van der Waals surface area contributed by atoms with Gasteiger partial charge in [0.15, 0.2) is 12.4 Å². The lowest BCUT2D eigenvalue weighted by molar-refractivity contribution is -0.123. The predicted molar refractivity (Wildman–Crippen MR) is 91.5 cm³/mol. The fraction of sp³-hybridized carbons (Fsp3) is 0.294. The summed E-state index contributed by atoms with van der Waals surface area (Å²) in [5.41, 5.74) is 1.07. The number of aromatic amines is 1. The molecule has 1 aromatic carbocycles. The number of amides is 1. The van der Waals surface area contributed by atoms with Gasteiger partial charge in [-0.25, -0.2) is 0 Å². The Morgan fingerprint density at radius 2 is 2.04 bits per heavy atom. The molecule has 0 bridgehead atoms. The van der Waals surface area contributed by atoms with Crippen LogP contribution < -0.4 is 15.6 Å². The van der Waals surface area contributed by atoms with Crippen molar-refractivity contribution in [3.63, 3.8) is 0 Å². The third-order valence-corrected chi connectivity index (χ3v) is 3.77. The van der Waals surface area contributed by atoms with Crippen molar-refractivity contribution in [3.05, 3.63) is 58.4 Å². The molecule has 0 aliphatic carbocycles. The van der Waals surface area contributed by atoms with Gasteiger partial charge in [-0.1, -0.05) is 26.0 Å². The average Bonchev–Trinajstić information content (AvgIpc) is 3.03. The Morgan fingerprint density at radius 3 is 2.76 bits per heavy atom. The first-order chi connectivity index (χ1) is 12.0. The molecule has 3 aromatic rings. The second kappa shape index (κ2) is 7.16. The molecule has 2 heterocycles. The average molecular weight is 341 g/mol. The van der Waals surface area contributed by atoms with Gasteiger partial charge in [0.2, 0.25) is 5.65 Å². The Balaban J connectivity index is 1.54. The topological polar surface area (TPSA) is 101 Å². The quantitative estimate of drug-likeness (QED) is 0.702. The number of H-pyrrole nitrogens is 1. The van der Waals surface area contributed by atoms with Gasteiger partial charge in [-0.3, -0.25) is 14.0 Å². The standard InChI is InChI=1S/C17H19N5O3/c1-11(2)12-3-5-13(6-4-12)25-10-15(23)19-9-14-20-21-16-17(24)18-7-8-22(14)16/h3-8,11H,9-10H2,1-2H3,(H,18,24)(H,19,23). The zero-order chi connectivity index (χ0) is 17.8. The van der Waals surface area contributed by atoms with Crippen LogP contribution in [0.25, 0.3) is 5.65 Å². The van der Waals surface area contributed by atoms with Gasteiger partial charge < -0.3 is 15.0 Å². The van der Waals surface area contributed by atoms with Crippen LogP contribution in [0.15, 0.2) is 41.5 Å². The molecular weight excluding hydrogens is 322 g/mol. The molecule has 8 nitrogen and oxygen atoms in total. The molecule has 0 aliphatic heterocycles. The Kier molecular flexibility index (Phi) is 4.78. The van der Waals surface area contributed by atoms with Crippen molar-refractivity contribution in [1.82, 2.24) is 24.9 Å². The predicted octanol–water partition coefficient (Wildman–Crippen LogP) is 1.24. The van der Waals surface area contributed by atoms with Gasteiger partial charge >= 0.3 is 0 Å². The van der Waals surface area contributed by atoms with Crippen molar-refractivity contribution < 1.29 is 9.53 Å². The molecule has 0 radical (unpaired) electrons. The van der Waals surface area contributed by atoms with E-state index in [0.717, 1.165) is 0 Å². The van der Waals surface area contributed by atoms with E-state index in [1.54, 1.807) is 6.20 Å². The first-order valence-electron chi connectivity index (χ1n) is 7.95. The lowest BCUT2D eigenvalue weighted by Crippen LogP contribution is -2.29. The van der Waals surface area contributed by atoms with Crippen molar-refractivity contribution in [1.29, 1.82) is 0 Å². The fourth-order valence-electron chi connectivity index (χ4n) is 2.33. The van der Waals surface area contributed by atoms with Gasteiger partial charge in [0, 0.05) is 12.4 Å². The van der Waals surface area contributed by atoms with E-state index in [4.69, 9.17) is 4.74 Å². The third kappa shape index (κ3) is 3.85. The fourth-order valence-corrected chi connectivity index (χ4v) is 2.33. The molecule has 0 saturated carbocycles. The summed E-state index contributed by atoms with van der Waals surface area (Å²) in [4.78, 5) is 26.0. The smallest absolute Gasteiger partial charge is 0.293 e. The summed E-state index contributed by atoms with van der Waals surface area (Å²) in [6.45, 7) is 4.29. The van der Waals surface area contributed by atoms with E-state index < -0.39 is 0 Å². The molecule has 2 aromatic heterocycles. The van der Waals surface area contributed by atoms with Crippen LogP contribution >= 0.6 is 0 Å². The number of hydrogen-bond acceptors (Lipinski definition) is 5. The van der Waals surface area contributed by atoms with Gasteiger partial charge in [0.05, 0.1) is 6.54 Å². The molecule has 0 saturated heterocycles. The molecule has 25 heavy (non-hydrogen) atoms. The second-order valence-corrected chi connectivity index (χ2v) is 5.89. The van der Waals surface area contributed by atoms with Gasteiger partial charge in [-0.05, 0) is 23.6 Å². The highest BCUT2D eigenvalue weighted by Crippen LogP contribution is 2.18. The van der Waals surface area contributed by atoms with Crippen molar-refractivity contribution in [2.45, 2.75) is 26.3 Å². The number of hydrogen-bond donors (Lipinski definition) is 2. The lowest BCUT2D eigenvalue weighted by atomic mass is 10.0. The number of nitrogens with zero attached hydrogens (tertiary/aromatic N) is 3. The molecule has 130 valence electrons. The van der Waals surface area contributed by atoms with Crippen molar-refractivity contribution >= 4 is 11.6 Å². The van der Waals surface area contributed by atoms with E-state index in [0.29, 0.717) is 17.5 Å². The van der Waals surface area contributed by atoms with Crippen molar-refractivity contribution in [2.24, 2.45) is 0 Å². The normalized spacial score (nSPS) is 11.0. The molecule has 1 amide bonds. The summed E-state index contributed by atoms with van der Waals surface area (Å²) in [5.74, 6) is 1.27. The lowest BCUT2D eigenvalue weighted by Gasteiger charge is -2.09. The van der Waals surface area contributed by atoms with Gasteiger partial charge in [-0.15, -0.1) is 10.2 Å². The van der Waals surface area contributed by atoms with E-state index >= 15 is 0 Å². The highest BCUT2D eigenvalue weighted by Gasteiger charge is 2.10. The van der Waals surface area contributed by atoms with Crippen LogP contribution in [0, 0.1) is 0 Å². The summed E-state index contributed by atoms with van der Waals surface area (Å²) in [6.07, 6.45) is 3.12. The van der Waals surface area contributed by atoms with E-state index in [1.165, 1.54) is 16.2 Å². The number of ether oxygens (including phenoxy) is 1. The summed E-state index contributed by atoms with van der Waals surface area (Å²) in [6, 6.07) is 7.66. The molecular formula is C17H19N5O3. The zero-order valence-corrected chi connectivity index (χ0v) is 14.0. The minimum Gasteiger partial charge on any atom is -0.484 e.